The quantitative estimate of drug-likeness (QED) is 0.457. The van der Waals surface area contributed by atoms with Gasteiger partial charge in [-0.1, -0.05) is 41.4 Å². The molecular formula is C25H20ClN3O3. The van der Waals surface area contributed by atoms with Gasteiger partial charge in [0.2, 0.25) is 11.3 Å². The number of aromatic nitrogens is 2. The molecule has 0 aliphatic heterocycles. The molecule has 7 heteroatoms. The summed E-state index contributed by atoms with van der Waals surface area (Å²) >= 11 is 5.89. The summed E-state index contributed by atoms with van der Waals surface area (Å²) in [6, 6.07) is 17.1. The number of pyridine rings is 2. The van der Waals surface area contributed by atoms with Crippen molar-refractivity contribution < 1.29 is 9.59 Å². The number of carbonyl (C=O) groups is 2. The third-order valence-corrected chi connectivity index (χ3v) is 5.31. The number of hydrogen-bond donors (Lipinski definition) is 1. The second-order valence-corrected chi connectivity index (χ2v) is 8.01. The molecule has 0 saturated carbocycles. The normalized spacial score (nSPS) is 10.8. The highest BCUT2D eigenvalue weighted by Gasteiger charge is 2.19. The van der Waals surface area contributed by atoms with E-state index in [1.807, 2.05) is 19.1 Å². The van der Waals surface area contributed by atoms with Crippen LogP contribution in [0.25, 0.3) is 11.0 Å². The molecule has 2 aromatic carbocycles. The molecule has 0 unspecified atom stereocenters. The Labute approximate surface area is 189 Å². The lowest BCUT2D eigenvalue weighted by molar-refractivity contribution is -0.116. The van der Waals surface area contributed by atoms with E-state index in [9.17, 15) is 14.4 Å². The molecule has 1 N–H and O–H groups in total. The molecule has 0 radical (unpaired) electrons. The van der Waals surface area contributed by atoms with Gasteiger partial charge in [-0.05, 0) is 50.2 Å². The van der Waals surface area contributed by atoms with Crippen molar-refractivity contribution >= 4 is 40.0 Å². The maximum atomic E-state index is 13.1. The number of nitrogens with zero attached hydrogens (tertiary/aromatic N) is 2. The monoisotopic (exact) mass is 445 g/mol. The Morgan fingerprint density at radius 1 is 0.969 bits per heavy atom. The number of ketones is 1. The maximum absolute atomic E-state index is 13.1. The van der Waals surface area contributed by atoms with Crippen LogP contribution in [0.1, 0.15) is 27.2 Å². The Kier molecular flexibility index (Phi) is 5.88. The van der Waals surface area contributed by atoms with E-state index < -0.39 is 11.2 Å². The number of nitrogens with one attached hydrogen (secondary N) is 1. The van der Waals surface area contributed by atoms with Gasteiger partial charge in [-0.15, -0.1) is 0 Å². The molecule has 0 saturated heterocycles. The summed E-state index contributed by atoms with van der Waals surface area (Å²) in [6.45, 7) is 3.60. The van der Waals surface area contributed by atoms with E-state index in [1.54, 1.807) is 55.5 Å². The zero-order valence-corrected chi connectivity index (χ0v) is 18.3. The molecule has 2 aromatic heterocycles. The summed E-state index contributed by atoms with van der Waals surface area (Å²) < 4.78 is 1.54. The van der Waals surface area contributed by atoms with Crippen LogP contribution >= 0.6 is 11.6 Å². The summed E-state index contributed by atoms with van der Waals surface area (Å²) in [7, 11) is 0. The zero-order valence-electron chi connectivity index (χ0n) is 17.6. The van der Waals surface area contributed by atoms with Crippen LogP contribution in [0.15, 0.2) is 71.7 Å². The van der Waals surface area contributed by atoms with Gasteiger partial charge in [0.1, 0.15) is 12.2 Å². The molecule has 0 fully saturated rings. The minimum atomic E-state index is -0.410. The first-order chi connectivity index (χ1) is 15.3. The van der Waals surface area contributed by atoms with Gasteiger partial charge in [0.15, 0.2) is 5.78 Å². The Morgan fingerprint density at radius 2 is 1.66 bits per heavy atom. The highest BCUT2D eigenvalue weighted by molar-refractivity contribution is 6.30. The van der Waals surface area contributed by atoms with Crippen molar-refractivity contribution in [1.82, 2.24) is 9.55 Å². The first kappa shape index (κ1) is 21.5. The molecule has 0 bridgehead atoms. The highest BCUT2D eigenvalue weighted by Crippen LogP contribution is 2.16. The van der Waals surface area contributed by atoms with E-state index in [-0.39, 0.29) is 23.4 Å². The average molecular weight is 446 g/mol. The van der Waals surface area contributed by atoms with Crippen LogP contribution in [0.3, 0.4) is 0 Å². The third kappa shape index (κ3) is 4.45. The molecule has 0 aliphatic rings. The minimum Gasteiger partial charge on any atom is -0.325 e. The Morgan fingerprint density at radius 3 is 2.34 bits per heavy atom. The Hall–Kier alpha value is -3.77. The minimum absolute atomic E-state index is 0.00806. The van der Waals surface area contributed by atoms with Crippen LogP contribution in [-0.4, -0.2) is 21.2 Å². The van der Waals surface area contributed by atoms with Crippen LogP contribution in [0.5, 0.6) is 0 Å². The summed E-state index contributed by atoms with van der Waals surface area (Å²) in [5.41, 5.74) is 2.63. The lowest BCUT2D eigenvalue weighted by Crippen LogP contribution is -2.25. The van der Waals surface area contributed by atoms with E-state index >= 15 is 0 Å². The second kappa shape index (κ2) is 8.77. The summed E-state index contributed by atoms with van der Waals surface area (Å²) in [6.07, 6.45) is 1.42. The zero-order chi connectivity index (χ0) is 22.8. The molecule has 0 atom stereocenters. The topological polar surface area (TPSA) is 81.1 Å². The van der Waals surface area contributed by atoms with Crippen molar-refractivity contribution in [3.63, 3.8) is 0 Å². The first-order valence-electron chi connectivity index (χ1n) is 9.99. The van der Waals surface area contributed by atoms with E-state index in [1.165, 1.54) is 10.8 Å². The maximum Gasteiger partial charge on any atom is 0.244 e. The van der Waals surface area contributed by atoms with E-state index in [2.05, 4.69) is 10.3 Å². The standard InChI is InChI=1S/C25H20ClN3O3/c1-15-3-6-17(7-4-15)23(31)21-13-29(25-20(24(21)32)12-5-16(2)27-25)14-22(30)28-19-10-8-18(26)9-11-19/h3-13H,14H2,1-2H3,(H,28,30). The number of halogens is 1. The predicted molar refractivity (Wildman–Crippen MR) is 125 cm³/mol. The second-order valence-electron chi connectivity index (χ2n) is 7.57. The molecule has 1 amide bonds. The van der Waals surface area contributed by atoms with E-state index in [0.717, 1.165) is 5.56 Å². The van der Waals surface area contributed by atoms with Gasteiger partial charge < -0.3 is 9.88 Å². The average Bonchev–Trinajstić information content (AvgIpc) is 2.77. The molecule has 6 nitrogen and oxygen atoms in total. The molecule has 2 heterocycles. The lowest BCUT2D eigenvalue weighted by atomic mass is 10.0. The summed E-state index contributed by atoms with van der Waals surface area (Å²) in [5, 5.41) is 3.64. The smallest absolute Gasteiger partial charge is 0.244 e. The fraction of sp³-hybridized carbons (Fsp3) is 0.120. The molecule has 4 aromatic rings. The van der Waals surface area contributed by atoms with Crippen LogP contribution < -0.4 is 10.7 Å². The number of amides is 1. The van der Waals surface area contributed by atoms with Crippen LogP contribution in [0.2, 0.25) is 5.02 Å². The molecule has 0 spiro atoms. The van der Waals surface area contributed by atoms with Crippen molar-refractivity contribution in [1.29, 1.82) is 0 Å². The Balaban J connectivity index is 1.75. The summed E-state index contributed by atoms with van der Waals surface area (Å²) in [5.74, 6) is -0.723. The van der Waals surface area contributed by atoms with Gasteiger partial charge in [0, 0.05) is 28.2 Å². The number of fused-ring (bicyclic) bond motifs is 1. The predicted octanol–water partition coefficient (Wildman–Crippen LogP) is 4.54. The Bertz CT molecular complexity index is 1390. The lowest BCUT2D eigenvalue weighted by Gasteiger charge is -2.13. The first-order valence-corrected chi connectivity index (χ1v) is 10.4. The van der Waals surface area contributed by atoms with Crippen molar-refractivity contribution in [3.05, 3.63) is 104 Å². The number of rotatable bonds is 5. The molecule has 32 heavy (non-hydrogen) atoms. The molecule has 160 valence electrons. The molecule has 0 aliphatic carbocycles. The number of hydrogen-bond acceptors (Lipinski definition) is 4. The van der Waals surface area contributed by atoms with Gasteiger partial charge in [-0.25, -0.2) is 4.98 Å². The van der Waals surface area contributed by atoms with Crippen molar-refractivity contribution in [3.8, 4) is 0 Å². The van der Waals surface area contributed by atoms with Crippen LogP contribution in [0, 0.1) is 13.8 Å². The van der Waals surface area contributed by atoms with Gasteiger partial charge in [0.05, 0.1) is 10.9 Å². The number of anilines is 1. The molecule has 4 rings (SSSR count). The number of aryl methyl sites for hydroxylation is 2. The van der Waals surface area contributed by atoms with Crippen LogP contribution in [0.4, 0.5) is 5.69 Å². The summed E-state index contributed by atoms with van der Waals surface area (Å²) in [4.78, 5) is 43.4. The van der Waals surface area contributed by atoms with Crippen molar-refractivity contribution in [2.24, 2.45) is 0 Å². The van der Waals surface area contributed by atoms with Crippen molar-refractivity contribution in [2.75, 3.05) is 5.32 Å². The van der Waals surface area contributed by atoms with Crippen LogP contribution in [-0.2, 0) is 11.3 Å². The highest BCUT2D eigenvalue weighted by atomic mass is 35.5. The van der Waals surface area contributed by atoms with Gasteiger partial charge in [-0.3, -0.25) is 14.4 Å². The van der Waals surface area contributed by atoms with Gasteiger partial charge in [0.25, 0.3) is 0 Å². The van der Waals surface area contributed by atoms with Crippen molar-refractivity contribution in [2.45, 2.75) is 20.4 Å². The largest absolute Gasteiger partial charge is 0.325 e. The number of carbonyl (C=O) groups excluding carboxylic acids is 2. The van der Waals surface area contributed by atoms with E-state index in [4.69, 9.17) is 11.6 Å². The molecular weight excluding hydrogens is 426 g/mol. The number of benzene rings is 2. The van der Waals surface area contributed by atoms with Gasteiger partial charge >= 0.3 is 0 Å². The third-order valence-electron chi connectivity index (χ3n) is 5.06. The van der Waals surface area contributed by atoms with Gasteiger partial charge in [-0.2, -0.15) is 0 Å². The fourth-order valence-electron chi connectivity index (χ4n) is 3.39. The van der Waals surface area contributed by atoms with E-state index in [0.29, 0.717) is 27.6 Å². The SMILES string of the molecule is Cc1ccc(C(=O)c2cn(CC(=O)Nc3ccc(Cl)cc3)c3nc(C)ccc3c2=O)cc1. The fourth-order valence-corrected chi connectivity index (χ4v) is 3.52.